The highest BCUT2D eigenvalue weighted by Crippen LogP contribution is 2.44. The van der Waals surface area contributed by atoms with Gasteiger partial charge >= 0.3 is 12.1 Å². The third kappa shape index (κ3) is 7.07. The quantitative estimate of drug-likeness (QED) is 0.297. The summed E-state index contributed by atoms with van der Waals surface area (Å²) >= 11 is 0. The summed E-state index contributed by atoms with van der Waals surface area (Å²) in [6.07, 6.45) is 2.37. The number of piperidine rings is 1. The van der Waals surface area contributed by atoms with E-state index in [1.165, 1.54) is 0 Å². The summed E-state index contributed by atoms with van der Waals surface area (Å²) in [6, 6.07) is 17.8. The molecule has 2 heterocycles. The molecule has 1 unspecified atom stereocenters. The number of hydrogen-bond donors (Lipinski definition) is 1. The minimum absolute atomic E-state index is 0.0501. The maximum absolute atomic E-state index is 13.3. The zero-order chi connectivity index (χ0) is 28.2. The van der Waals surface area contributed by atoms with Crippen LogP contribution in [0.3, 0.4) is 0 Å². The lowest BCUT2D eigenvalue weighted by atomic mass is 9.78. The summed E-state index contributed by atoms with van der Waals surface area (Å²) in [5.41, 5.74) is 3.47. The van der Waals surface area contributed by atoms with Gasteiger partial charge in [0.25, 0.3) is 0 Å². The van der Waals surface area contributed by atoms with Gasteiger partial charge in [0.1, 0.15) is 0 Å². The number of benzene rings is 2. The predicted molar refractivity (Wildman–Crippen MR) is 147 cm³/mol. The fourth-order valence-corrected chi connectivity index (χ4v) is 5.72. The lowest BCUT2D eigenvalue weighted by molar-refractivity contribution is -0.144. The summed E-state index contributed by atoms with van der Waals surface area (Å²) in [4.78, 5) is 18.3. The second-order valence-electron chi connectivity index (χ2n) is 11.1. The first-order valence-corrected chi connectivity index (χ1v) is 13.7. The van der Waals surface area contributed by atoms with E-state index in [9.17, 15) is 23.1 Å². The van der Waals surface area contributed by atoms with Crippen LogP contribution in [0.15, 0.2) is 73.1 Å². The molecule has 0 saturated carbocycles. The number of carboxylic acid groups (broad SMARTS) is 1. The van der Waals surface area contributed by atoms with Gasteiger partial charge < -0.3 is 5.11 Å². The maximum Gasteiger partial charge on any atom is 0.416 e. The smallest absolute Gasteiger partial charge is 0.416 e. The van der Waals surface area contributed by atoms with Crippen LogP contribution in [-0.2, 0) is 11.0 Å². The second kappa shape index (κ2) is 12.3. The molecular formula is C32H37F3N2O2. The number of halogens is 3. The average Bonchev–Trinajstić information content (AvgIpc) is 2.93. The molecule has 3 aromatic rings. The van der Waals surface area contributed by atoms with E-state index in [-0.39, 0.29) is 18.0 Å². The van der Waals surface area contributed by atoms with E-state index in [0.29, 0.717) is 18.9 Å². The Labute approximate surface area is 228 Å². The third-order valence-electron chi connectivity index (χ3n) is 8.13. The first-order chi connectivity index (χ1) is 18.5. The SMILES string of the molecule is CC(C)CC[C@@H](c1ccc(-c2ccncc2)cc1)N1CC[C@H](C(C)C(=O)O)C[C@@H]1c1ccc(C(F)(F)F)cc1. The maximum atomic E-state index is 13.3. The minimum Gasteiger partial charge on any atom is -0.481 e. The molecule has 208 valence electrons. The van der Waals surface area contributed by atoms with Gasteiger partial charge in [0, 0.05) is 24.5 Å². The molecule has 39 heavy (non-hydrogen) atoms. The van der Waals surface area contributed by atoms with Crippen LogP contribution in [0.5, 0.6) is 0 Å². The number of pyridine rings is 1. The number of hydrogen-bond acceptors (Lipinski definition) is 3. The fourth-order valence-electron chi connectivity index (χ4n) is 5.72. The van der Waals surface area contributed by atoms with Crippen molar-refractivity contribution >= 4 is 5.97 Å². The molecule has 4 nitrogen and oxygen atoms in total. The summed E-state index contributed by atoms with van der Waals surface area (Å²) < 4.78 is 39.9. The van der Waals surface area contributed by atoms with Gasteiger partial charge in [0.2, 0.25) is 0 Å². The highest BCUT2D eigenvalue weighted by molar-refractivity contribution is 5.70. The van der Waals surface area contributed by atoms with Crippen LogP contribution in [0, 0.1) is 17.8 Å². The monoisotopic (exact) mass is 538 g/mol. The Morgan fingerprint density at radius 2 is 1.56 bits per heavy atom. The van der Waals surface area contributed by atoms with Crippen molar-refractivity contribution in [3.63, 3.8) is 0 Å². The van der Waals surface area contributed by atoms with E-state index in [4.69, 9.17) is 0 Å². The van der Waals surface area contributed by atoms with Crippen LogP contribution in [0.4, 0.5) is 13.2 Å². The number of carboxylic acids is 1. The minimum atomic E-state index is -4.40. The summed E-state index contributed by atoms with van der Waals surface area (Å²) in [7, 11) is 0. The predicted octanol–water partition coefficient (Wildman–Crippen LogP) is 8.42. The Balaban J connectivity index is 1.70. The number of carbonyl (C=O) groups is 1. The van der Waals surface area contributed by atoms with Crippen LogP contribution in [-0.4, -0.2) is 27.5 Å². The van der Waals surface area contributed by atoms with Crippen molar-refractivity contribution < 1.29 is 23.1 Å². The van der Waals surface area contributed by atoms with Crippen LogP contribution < -0.4 is 0 Å². The number of rotatable bonds is 9. The second-order valence-corrected chi connectivity index (χ2v) is 11.1. The molecule has 1 N–H and O–H groups in total. The molecule has 7 heteroatoms. The Kier molecular flexibility index (Phi) is 9.11. The number of nitrogens with zero attached hydrogens (tertiary/aromatic N) is 2. The van der Waals surface area contributed by atoms with E-state index in [2.05, 4.69) is 48.0 Å². The largest absolute Gasteiger partial charge is 0.481 e. The number of aromatic nitrogens is 1. The zero-order valence-corrected chi connectivity index (χ0v) is 22.7. The topological polar surface area (TPSA) is 53.4 Å². The molecule has 4 rings (SSSR count). The molecule has 0 amide bonds. The standard InChI is InChI=1S/C32H37F3N2O2/c1-21(2)4-13-29(25-7-5-23(6-8-25)24-14-17-36-18-15-24)37-19-16-27(22(3)31(38)39)20-30(37)26-9-11-28(12-10-26)32(33,34)35/h5-12,14-15,17-18,21-22,27,29-30H,4,13,16,19-20H2,1-3H3,(H,38,39)/t22?,27-,29-,30+/m0/s1. The molecule has 1 aliphatic rings. The van der Waals surface area contributed by atoms with Crippen LogP contribution in [0.1, 0.15) is 75.2 Å². The Morgan fingerprint density at radius 3 is 2.13 bits per heavy atom. The first-order valence-electron chi connectivity index (χ1n) is 13.7. The molecule has 1 saturated heterocycles. The van der Waals surface area contributed by atoms with Gasteiger partial charge in [-0.25, -0.2) is 0 Å². The first kappa shape index (κ1) is 28.8. The molecular weight excluding hydrogens is 501 g/mol. The molecule has 1 fully saturated rings. The van der Waals surface area contributed by atoms with Gasteiger partial charge in [-0.05, 0) is 90.6 Å². The number of aliphatic carboxylic acids is 1. The lowest BCUT2D eigenvalue weighted by Gasteiger charge is -2.45. The van der Waals surface area contributed by atoms with Gasteiger partial charge in [-0.2, -0.15) is 13.2 Å². The van der Waals surface area contributed by atoms with Crippen molar-refractivity contribution in [1.82, 2.24) is 9.88 Å². The molecule has 0 aliphatic carbocycles. The summed E-state index contributed by atoms with van der Waals surface area (Å²) in [6.45, 7) is 6.80. The average molecular weight is 539 g/mol. The van der Waals surface area contributed by atoms with Crippen LogP contribution in [0.25, 0.3) is 11.1 Å². The van der Waals surface area contributed by atoms with Crippen molar-refractivity contribution in [2.75, 3.05) is 6.54 Å². The zero-order valence-electron chi connectivity index (χ0n) is 22.7. The van der Waals surface area contributed by atoms with E-state index in [1.54, 1.807) is 31.5 Å². The molecule has 2 aromatic carbocycles. The lowest BCUT2D eigenvalue weighted by Crippen LogP contribution is -2.42. The highest BCUT2D eigenvalue weighted by Gasteiger charge is 2.38. The van der Waals surface area contributed by atoms with Gasteiger partial charge in [0.15, 0.2) is 0 Å². The summed E-state index contributed by atoms with van der Waals surface area (Å²) in [5, 5.41) is 9.69. The molecule has 1 aromatic heterocycles. The van der Waals surface area contributed by atoms with E-state index >= 15 is 0 Å². The van der Waals surface area contributed by atoms with Crippen molar-refractivity contribution in [3.05, 3.63) is 89.7 Å². The van der Waals surface area contributed by atoms with E-state index in [1.807, 2.05) is 12.1 Å². The van der Waals surface area contributed by atoms with Crippen molar-refractivity contribution in [1.29, 1.82) is 0 Å². The van der Waals surface area contributed by atoms with Gasteiger partial charge in [-0.1, -0.05) is 57.2 Å². The van der Waals surface area contributed by atoms with Gasteiger partial charge in [0.05, 0.1) is 11.5 Å². The molecule has 0 radical (unpaired) electrons. The number of likely N-dealkylation sites (tertiary alicyclic amines) is 1. The van der Waals surface area contributed by atoms with E-state index in [0.717, 1.165) is 53.6 Å². The normalized spacial score (nSPS) is 20.1. The number of alkyl halides is 3. The highest BCUT2D eigenvalue weighted by atomic mass is 19.4. The van der Waals surface area contributed by atoms with Crippen molar-refractivity contribution in [2.45, 2.75) is 64.7 Å². The molecule has 4 atom stereocenters. The van der Waals surface area contributed by atoms with Crippen LogP contribution >= 0.6 is 0 Å². The molecule has 0 bridgehead atoms. The fraction of sp³-hybridized carbons (Fsp3) is 0.438. The molecule has 0 spiro atoms. The van der Waals surface area contributed by atoms with Crippen molar-refractivity contribution in [3.8, 4) is 11.1 Å². The summed E-state index contributed by atoms with van der Waals surface area (Å²) in [5.74, 6) is -0.899. The van der Waals surface area contributed by atoms with Crippen molar-refractivity contribution in [2.24, 2.45) is 17.8 Å². The van der Waals surface area contributed by atoms with Gasteiger partial charge in [-0.3, -0.25) is 14.7 Å². The Morgan fingerprint density at radius 1 is 0.949 bits per heavy atom. The third-order valence-corrected chi connectivity index (χ3v) is 8.13. The van der Waals surface area contributed by atoms with Crippen LogP contribution in [0.2, 0.25) is 0 Å². The van der Waals surface area contributed by atoms with E-state index < -0.39 is 23.6 Å². The molecule has 1 aliphatic heterocycles. The Bertz CT molecular complexity index is 1210. The Hall–Kier alpha value is -3.19. The van der Waals surface area contributed by atoms with Gasteiger partial charge in [-0.15, -0.1) is 0 Å².